The largest absolute Gasteiger partial charge is 0.465 e. The zero-order valence-corrected chi connectivity index (χ0v) is 17.7. The lowest BCUT2D eigenvalue weighted by Gasteiger charge is -2.37. The minimum absolute atomic E-state index is 0.231. The molecular formula is C22H25N3O3S. The maximum absolute atomic E-state index is 13.6. The summed E-state index contributed by atoms with van der Waals surface area (Å²) in [5.41, 5.74) is 1.73. The molecule has 0 bridgehead atoms. The Morgan fingerprint density at radius 1 is 1.24 bits per heavy atom. The highest BCUT2D eigenvalue weighted by molar-refractivity contribution is 7.10. The van der Waals surface area contributed by atoms with Crippen LogP contribution in [0.1, 0.15) is 38.1 Å². The smallest absolute Gasteiger partial charge is 0.321 e. The van der Waals surface area contributed by atoms with E-state index in [2.05, 4.69) is 13.8 Å². The molecule has 3 heterocycles. The van der Waals surface area contributed by atoms with E-state index in [9.17, 15) is 9.59 Å². The Morgan fingerprint density at radius 3 is 2.72 bits per heavy atom. The third-order valence-electron chi connectivity index (χ3n) is 5.25. The van der Waals surface area contributed by atoms with Gasteiger partial charge in [-0.2, -0.15) is 0 Å². The monoisotopic (exact) mass is 411 g/mol. The van der Waals surface area contributed by atoms with Crippen molar-refractivity contribution in [1.29, 1.82) is 0 Å². The van der Waals surface area contributed by atoms with Gasteiger partial charge in [0, 0.05) is 11.4 Å². The van der Waals surface area contributed by atoms with Crippen LogP contribution in [0.25, 0.3) is 11.0 Å². The lowest BCUT2D eigenvalue weighted by molar-refractivity contribution is -0.153. The third-order valence-corrected chi connectivity index (χ3v) is 6.19. The minimum Gasteiger partial charge on any atom is -0.465 e. The topological polar surface area (TPSA) is 64.4 Å². The number of imidazole rings is 1. The van der Waals surface area contributed by atoms with Crippen molar-refractivity contribution in [3.8, 4) is 0 Å². The summed E-state index contributed by atoms with van der Waals surface area (Å²) < 4.78 is 7.39. The SMILES string of the molecule is CCOC(=O)[C@@H]1C(=O)N(CCC(C)C)c2nc3ccccc3n2[C@H]1c1cccs1. The van der Waals surface area contributed by atoms with E-state index in [0.29, 0.717) is 18.4 Å². The molecule has 152 valence electrons. The lowest BCUT2D eigenvalue weighted by Crippen LogP contribution is -2.50. The molecule has 1 amide bonds. The van der Waals surface area contributed by atoms with Crippen molar-refractivity contribution < 1.29 is 14.3 Å². The van der Waals surface area contributed by atoms with Crippen molar-refractivity contribution in [2.24, 2.45) is 11.8 Å². The Labute approximate surface area is 174 Å². The lowest BCUT2D eigenvalue weighted by atomic mass is 9.93. The van der Waals surface area contributed by atoms with Gasteiger partial charge in [-0.15, -0.1) is 11.3 Å². The zero-order valence-electron chi connectivity index (χ0n) is 16.9. The number of thiophene rings is 1. The maximum Gasteiger partial charge on any atom is 0.321 e. The van der Waals surface area contributed by atoms with Crippen LogP contribution in [0.3, 0.4) is 0 Å². The van der Waals surface area contributed by atoms with Gasteiger partial charge in [-0.05, 0) is 42.8 Å². The zero-order chi connectivity index (χ0) is 20.5. The minimum atomic E-state index is -0.925. The molecule has 2 aromatic heterocycles. The van der Waals surface area contributed by atoms with Crippen LogP contribution in [-0.4, -0.2) is 34.6 Å². The van der Waals surface area contributed by atoms with Gasteiger partial charge in [0.1, 0.15) is 0 Å². The Hall–Kier alpha value is -2.67. The summed E-state index contributed by atoms with van der Waals surface area (Å²) in [7, 11) is 0. The van der Waals surface area contributed by atoms with Crippen LogP contribution < -0.4 is 4.90 Å². The molecule has 0 fully saturated rings. The summed E-state index contributed by atoms with van der Waals surface area (Å²) in [5, 5.41) is 1.96. The second kappa shape index (κ2) is 7.99. The highest BCUT2D eigenvalue weighted by Crippen LogP contribution is 2.42. The number of benzene rings is 1. The fourth-order valence-electron chi connectivity index (χ4n) is 3.86. The summed E-state index contributed by atoms with van der Waals surface area (Å²) in [4.78, 5) is 33.9. The summed E-state index contributed by atoms with van der Waals surface area (Å²) in [5.74, 6) is -0.599. The Morgan fingerprint density at radius 2 is 2.03 bits per heavy atom. The number of fused-ring (bicyclic) bond motifs is 3. The fraction of sp³-hybridized carbons (Fsp3) is 0.409. The van der Waals surface area contributed by atoms with Crippen molar-refractivity contribution in [1.82, 2.24) is 9.55 Å². The molecule has 3 aromatic rings. The van der Waals surface area contributed by atoms with Crippen LogP contribution >= 0.6 is 11.3 Å². The first kappa shape index (κ1) is 19.6. The normalized spacial score (nSPS) is 19.0. The van der Waals surface area contributed by atoms with Crippen LogP contribution in [0.15, 0.2) is 41.8 Å². The highest BCUT2D eigenvalue weighted by atomic mass is 32.1. The van der Waals surface area contributed by atoms with Crippen LogP contribution in [0.4, 0.5) is 5.95 Å². The molecule has 7 heteroatoms. The van der Waals surface area contributed by atoms with E-state index in [-0.39, 0.29) is 12.5 Å². The number of carbonyl (C=O) groups is 2. The quantitative estimate of drug-likeness (QED) is 0.449. The number of carbonyl (C=O) groups excluding carboxylic acids is 2. The molecule has 0 spiro atoms. The summed E-state index contributed by atoms with van der Waals surface area (Å²) in [6, 6.07) is 11.3. The third kappa shape index (κ3) is 3.44. The number of esters is 1. The van der Waals surface area contributed by atoms with Crippen LogP contribution in [0.5, 0.6) is 0 Å². The molecule has 0 aliphatic carbocycles. The van der Waals surface area contributed by atoms with Gasteiger partial charge >= 0.3 is 5.97 Å². The Kier molecular flexibility index (Phi) is 5.41. The van der Waals surface area contributed by atoms with E-state index in [1.165, 1.54) is 11.3 Å². The number of nitrogens with zero attached hydrogens (tertiary/aromatic N) is 3. The second-order valence-electron chi connectivity index (χ2n) is 7.63. The number of para-hydroxylation sites is 2. The number of anilines is 1. The molecule has 1 aliphatic heterocycles. The van der Waals surface area contributed by atoms with E-state index in [1.807, 2.05) is 46.3 Å². The number of hydrogen-bond acceptors (Lipinski definition) is 5. The van der Waals surface area contributed by atoms with Gasteiger partial charge in [-0.3, -0.25) is 19.1 Å². The molecule has 4 rings (SSSR count). The van der Waals surface area contributed by atoms with Gasteiger partial charge in [-0.1, -0.05) is 32.0 Å². The predicted molar refractivity (Wildman–Crippen MR) is 114 cm³/mol. The summed E-state index contributed by atoms with van der Waals surface area (Å²) in [6.45, 7) is 6.76. The molecule has 0 saturated carbocycles. The highest BCUT2D eigenvalue weighted by Gasteiger charge is 2.48. The van der Waals surface area contributed by atoms with E-state index < -0.39 is 17.9 Å². The first-order valence-electron chi connectivity index (χ1n) is 10.0. The standard InChI is InChI=1S/C22H25N3O3S/c1-4-28-21(27)18-19(17-10-7-13-29-17)25-16-9-6-5-8-15(16)23-22(25)24(20(18)26)12-11-14(2)3/h5-10,13-14,18-19H,4,11-12H2,1-3H3/t18-,19-/m0/s1. The molecule has 29 heavy (non-hydrogen) atoms. The van der Waals surface area contributed by atoms with E-state index in [1.54, 1.807) is 11.8 Å². The van der Waals surface area contributed by atoms with Crippen LogP contribution in [-0.2, 0) is 14.3 Å². The predicted octanol–water partition coefficient (Wildman–Crippen LogP) is 4.26. The molecule has 0 unspecified atom stereocenters. The summed E-state index contributed by atoms with van der Waals surface area (Å²) in [6.07, 6.45) is 0.828. The van der Waals surface area contributed by atoms with Crippen molar-refractivity contribution >= 4 is 40.2 Å². The van der Waals surface area contributed by atoms with Gasteiger partial charge in [0.25, 0.3) is 0 Å². The maximum atomic E-state index is 13.6. The van der Waals surface area contributed by atoms with Gasteiger partial charge in [0.05, 0.1) is 23.7 Å². The molecule has 0 radical (unpaired) electrons. The average Bonchev–Trinajstić information content (AvgIpc) is 3.34. The molecule has 0 N–H and O–H groups in total. The number of hydrogen-bond donors (Lipinski definition) is 0. The number of ether oxygens (including phenoxy) is 1. The number of aromatic nitrogens is 2. The van der Waals surface area contributed by atoms with E-state index in [4.69, 9.17) is 9.72 Å². The van der Waals surface area contributed by atoms with Crippen molar-refractivity contribution in [2.45, 2.75) is 33.2 Å². The average molecular weight is 412 g/mol. The molecule has 6 nitrogen and oxygen atoms in total. The van der Waals surface area contributed by atoms with Gasteiger partial charge < -0.3 is 4.74 Å². The number of amides is 1. The first-order valence-corrected chi connectivity index (χ1v) is 10.9. The van der Waals surface area contributed by atoms with Gasteiger partial charge in [-0.25, -0.2) is 4.98 Å². The van der Waals surface area contributed by atoms with Crippen molar-refractivity contribution in [3.63, 3.8) is 0 Å². The molecule has 2 atom stereocenters. The van der Waals surface area contributed by atoms with Crippen molar-refractivity contribution in [3.05, 3.63) is 46.7 Å². The Balaban J connectivity index is 1.93. The van der Waals surface area contributed by atoms with Gasteiger partial charge in [0.2, 0.25) is 11.9 Å². The fourth-order valence-corrected chi connectivity index (χ4v) is 4.71. The van der Waals surface area contributed by atoms with Crippen LogP contribution in [0.2, 0.25) is 0 Å². The van der Waals surface area contributed by atoms with E-state index in [0.717, 1.165) is 22.3 Å². The molecule has 0 saturated heterocycles. The van der Waals surface area contributed by atoms with E-state index >= 15 is 0 Å². The van der Waals surface area contributed by atoms with Crippen LogP contribution in [0, 0.1) is 11.8 Å². The summed E-state index contributed by atoms with van der Waals surface area (Å²) >= 11 is 1.54. The second-order valence-corrected chi connectivity index (χ2v) is 8.61. The molecule has 1 aromatic carbocycles. The first-order chi connectivity index (χ1) is 14.0. The molecule has 1 aliphatic rings. The number of rotatable bonds is 6. The van der Waals surface area contributed by atoms with Gasteiger partial charge in [0.15, 0.2) is 5.92 Å². The Bertz CT molecular complexity index is 1030. The molecular weight excluding hydrogens is 386 g/mol. The van der Waals surface area contributed by atoms with Crippen molar-refractivity contribution in [2.75, 3.05) is 18.1 Å².